The van der Waals surface area contributed by atoms with Gasteiger partial charge in [0.2, 0.25) is 0 Å². The summed E-state index contributed by atoms with van der Waals surface area (Å²) in [5, 5.41) is 0. The molecule has 3 heteroatoms. The summed E-state index contributed by atoms with van der Waals surface area (Å²) < 4.78 is 0. The van der Waals surface area contributed by atoms with Gasteiger partial charge in [0.05, 0.1) is 17.1 Å². The molecule has 3 aromatic rings. The van der Waals surface area contributed by atoms with Crippen LogP contribution in [0.1, 0.15) is 11.1 Å². The third-order valence-corrected chi connectivity index (χ3v) is 4.17. The Hall–Kier alpha value is -2.94. The summed E-state index contributed by atoms with van der Waals surface area (Å²) in [4.78, 5) is 0. The summed E-state index contributed by atoms with van der Waals surface area (Å²) >= 11 is 0. The number of hydrogen-bond acceptors (Lipinski definition) is 3. The van der Waals surface area contributed by atoms with Crippen molar-refractivity contribution in [1.82, 2.24) is 0 Å². The molecule has 23 heavy (non-hydrogen) atoms. The minimum absolute atomic E-state index is 0.447. The number of nitrogen functional groups attached to an aromatic ring is 3. The molecule has 0 aliphatic rings. The first kappa shape index (κ1) is 15.0. The van der Waals surface area contributed by atoms with Crippen LogP contribution in [0.15, 0.2) is 54.6 Å². The second-order valence-corrected chi connectivity index (χ2v) is 5.96. The Balaban J connectivity index is 2.04. The van der Waals surface area contributed by atoms with Crippen LogP contribution in [-0.4, -0.2) is 0 Å². The zero-order chi connectivity index (χ0) is 16.6. The number of benzene rings is 3. The fourth-order valence-electron chi connectivity index (χ4n) is 2.77. The normalized spacial score (nSPS) is 10.7. The number of nitrogens with two attached hydrogens (primary N) is 3. The number of aryl methyl sites for hydroxylation is 2. The Bertz CT molecular complexity index is 842. The van der Waals surface area contributed by atoms with Crippen LogP contribution >= 0.6 is 0 Å². The van der Waals surface area contributed by atoms with Crippen LogP contribution in [-0.2, 0) is 0 Å². The van der Waals surface area contributed by atoms with Gasteiger partial charge in [0.15, 0.2) is 0 Å². The lowest BCUT2D eigenvalue weighted by molar-refractivity contribution is 1.44. The largest absolute Gasteiger partial charge is 0.397 e. The van der Waals surface area contributed by atoms with E-state index in [4.69, 9.17) is 17.2 Å². The highest BCUT2D eigenvalue weighted by Crippen LogP contribution is 2.34. The molecular weight excluding hydrogens is 282 g/mol. The lowest BCUT2D eigenvalue weighted by atomic mass is 9.94. The highest BCUT2D eigenvalue weighted by molar-refractivity contribution is 5.85. The number of rotatable bonds is 2. The molecule has 0 atom stereocenters. The molecule has 0 saturated carbocycles. The minimum Gasteiger partial charge on any atom is -0.397 e. The van der Waals surface area contributed by atoms with Gasteiger partial charge in [0.1, 0.15) is 0 Å². The molecular formula is C20H21N3. The van der Waals surface area contributed by atoms with Crippen molar-refractivity contribution in [3.05, 3.63) is 65.7 Å². The molecule has 0 heterocycles. The summed E-state index contributed by atoms with van der Waals surface area (Å²) in [6, 6.07) is 18.7. The van der Waals surface area contributed by atoms with Crippen LogP contribution < -0.4 is 17.2 Å². The molecule has 0 fully saturated rings. The molecule has 3 rings (SSSR count). The first-order valence-corrected chi connectivity index (χ1v) is 7.58. The summed E-state index contributed by atoms with van der Waals surface area (Å²) in [5.74, 6) is 0. The summed E-state index contributed by atoms with van der Waals surface area (Å²) in [5.41, 5.74) is 26.1. The monoisotopic (exact) mass is 303 g/mol. The van der Waals surface area contributed by atoms with E-state index in [-0.39, 0.29) is 0 Å². The molecule has 0 aliphatic heterocycles. The van der Waals surface area contributed by atoms with Gasteiger partial charge >= 0.3 is 0 Å². The van der Waals surface area contributed by atoms with Crippen molar-refractivity contribution < 1.29 is 0 Å². The van der Waals surface area contributed by atoms with E-state index >= 15 is 0 Å². The third-order valence-electron chi connectivity index (χ3n) is 4.17. The summed E-state index contributed by atoms with van der Waals surface area (Å²) in [6.45, 7) is 4.18. The maximum atomic E-state index is 5.94. The van der Waals surface area contributed by atoms with Gasteiger partial charge in [-0.1, -0.05) is 48.0 Å². The van der Waals surface area contributed by atoms with Gasteiger partial charge in [-0.05, 0) is 53.8 Å². The van der Waals surface area contributed by atoms with E-state index in [0.717, 1.165) is 11.1 Å². The third kappa shape index (κ3) is 2.86. The van der Waals surface area contributed by atoms with Crippen LogP contribution in [0.5, 0.6) is 0 Å². The molecule has 0 aliphatic carbocycles. The van der Waals surface area contributed by atoms with Gasteiger partial charge in [0, 0.05) is 0 Å². The number of hydrogen-bond donors (Lipinski definition) is 3. The number of anilines is 3. The van der Waals surface area contributed by atoms with E-state index in [9.17, 15) is 0 Å². The Morgan fingerprint density at radius 1 is 0.609 bits per heavy atom. The first-order chi connectivity index (χ1) is 11.0. The van der Waals surface area contributed by atoms with Gasteiger partial charge < -0.3 is 17.2 Å². The fourth-order valence-corrected chi connectivity index (χ4v) is 2.77. The molecule has 0 unspecified atom stereocenters. The van der Waals surface area contributed by atoms with Crippen molar-refractivity contribution in [3.8, 4) is 22.3 Å². The molecule has 3 aromatic carbocycles. The van der Waals surface area contributed by atoms with Crippen molar-refractivity contribution >= 4 is 17.1 Å². The van der Waals surface area contributed by atoms with Gasteiger partial charge in [-0.15, -0.1) is 0 Å². The van der Waals surface area contributed by atoms with Crippen LogP contribution in [0.2, 0.25) is 0 Å². The summed E-state index contributed by atoms with van der Waals surface area (Å²) in [6.07, 6.45) is 0. The summed E-state index contributed by atoms with van der Waals surface area (Å²) in [7, 11) is 0. The fraction of sp³-hybridized carbons (Fsp3) is 0.100. The zero-order valence-electron chi connectivity index (χ0n) is 13.4. The van der Waals surface area contributed by atoms with E-state index in [1.54, 1.807) is 0 Å². The van der Waals surface area contributed by atoms with Gasteiger partial charge in [-0.3, -0.25) is 0 Å². The van der Waals surface area contributed by atoms with Crippen molar-refractivity contribution in [3.63, 3.8) is 0 Å². The minimum atomic E-state index is 0.447. The Kier molecular flexibility index (Phi) is 3.70. The lowest BCUT2D eigenvalue weighted by Crippen LogP contribution is -2.00. The molecule has 0 spiro atoms. The van der Waals surface area contributed by atoms with Gasteiger partial charge in [-0.2, -0.15) is 0 Å². The zero-order valence-corrected chi connectivity index (χ0v) is 13.4. The van der Waals surface area contributed by atoms with Crippen LogP contribution in [0.4, 0.5) is 17.1 Å². The van der Waals surface area contributed by atoms with Crippen LogP contribution in [0, 0.1) is 13.8 Å². The van der Waals surface area contributed by atoms with Gasteiger partial charge in [0.25, 0.3) is 0 Å². The smallest absolute Gasteiger partial charge is 0.0781 e. The lowest BCUT2D eigenvalue weighted by Gasteiger charge is -2.12. The molecule has 0 saturated heterocycles. The Morgan fingerprint density at radius 2 is 1.17 bits per heavy atom. The predicted octanol–water partition coefficient (Wildman–Crippen LogP) is 4.38. The standard InChI is InChI=1S/C20H21N3/c1-12-3-5-14(6-4-12)15-7-8-17(13(2)9-15)16-10-18(21)20(23)19(22)11-16/h3-11H,21-23H2,1-2H3. The van der Waals surface area contributed by atoms with E-state index in [1.807, 2.05) is 12.1 Å². The maximum Gasteiger partial charge on any atom is 0.0781 e. The highest BCUT2D eigenvalue weighted by Gasteiger charge is 2.08. The molecule has 6 N–H and O–H groups in total. The van der Waals surface area contributed by atoms with Crippen molar-refractivity contribution in [2.45, 2.75) is 13.8 Å². The van der Waals surface area contributed by atoms with E-state index in [0.29, 0.717) is 17.1 Å². The Morgan fingerprint density at radius 3 is 1.74 bits per heavy atom. The topological polar surface area (TPSA) is 78.1 Å². The van der Waals surface area contributed by atoms with Crippen molar-refractivity contribution in [2.24, 2.45) is 0 Å². The average molecular weight is 303 g/mol. The Labute approximate surface area is 136 Å². The highest BCUT2D eigenvalue weighted by atomic mass is 14.7. The van der Waals surface area contributed by atoms with Crippen LogP contribution in [0.3, 0.4) is 0 Å². The van der Waals surface area contributed by atoms with E-state index < -0.39 is 0 Å². The second-order valence-electron chi connectivity index (χ2n) is 5.96. The van der Waals surface area contributed by atoms with Crippen molar-refractivity contribution in [2.75, 3.05) is 17.2 Å². The van der Waals surface area contributed by atoms with Crippen molar-refractivity contribution in [1.29, 1.82) is 0 Å². The van der Waals surface area contributed by atoms with Gasteiger partial charge in [-0.25, -0.2) is 0 Å². The molecule has 0 bridgehead atoms. The second kappa shape index (κ2) is 5.69. The SMILES string of the molecule is Cc1ccc(-c2ccc(-c3cc(N)c(N)c(N)c3)c(C)c2)cc1. The molecule has 0 aromatic heterocycles. The molecule has 0 amide bonds. The maximum absolute atomic E-state index is 5.94. The van der Waals surface area contributed by atoms with E-state index in [1.165, 1.54) is 22.3 Å². The first-order valence-electron chi connectivity index (χ1n) is 7.58. The molecule has 0 radical (unpaired) electrons. The molecule has 116 valence electrons. The predicted molar refractivity (Wildman–Crippen MR) is 100 cm³/mol. The molecule has 3 nitrogen and oxygen atoms in total. The average Bonchev–Trinajstić information content (AvgIpc) is 2.53. The quantitative estimate of drug-likeness (QED) is 0.615. The van der Waals surface area contributed by atoms with E-state index in [2.05, 4.69) is 56.3 Å². The van der Waals surface area contributed by atoms with Crippen LogP contribution in [0.25, 0.3) is 22.3 Å².